The van der Waals surface area contributed by atoms with Crippen LogP contribution in [-0.2, 0) is 9.59 Å². The number of carboxylic acids is 1. The van der Waals surface area contributed by atoms with Gasteiger partial charge in [0.25, 0.3) is 0 Å². The van der Waals surface area contributed by atoms with Crippen molar-refractivity contribution in [3.8, 4) is 0 Å². The molecule has 0 saturated heterocycles. The highest BCUT2D eigenvalue weighted by Crippen LogP contribution is 2.22. The van der Waals surface area contributed by atoms with Gasteiger partial charge in [0.05, 0.1) is 6.42 Å². The van der Waals surface area contributed by atoms with Crippen LogP contribution in [-0.4, -0.2) is 29.2 Å². The average Bonchev–Trinajstić information content (AvgIpc) is 2.14. The zero-order valence-electron chi connectivity index (χ0n) is 9.67. The van der Waals surface area contributed by atoms with Gasteiger partial charge in [0.15, 0.2) is 0 Å². The summed E-state index contributed by atoms with van der Waals surface area (Å²) >= 11 is 0. The van der Waals surface area contributed by atoms with Gasteiger partial charge >= 0.3 is 12.1 Å². The highest BCUT2D eigenvalue weighted by atomic mass is 19.4. The Hall–Kier alpha value is -1.27. The number of alkyl halides is 3. The molecule has 0 aliphatic heterocycles. The number of aliphatic carboxylic acids is 1. The fourth-order valence-electron chi connectivity index (χ4n) is 1.31. The van der Waals surface area contributed by atoms with E-state index < -0.39 is 36.4 Å². The van der Waals surface area contributed by atoms with Crippen LogP contribution in [0.4, 0.5) is 13.2 Å². The summed E-state index contributed by atoms with van der Waals surface area (Å²) in [4.78, 5) is 22.0. The van der Waals surface area contributed by atoms with E-state index in [9.17, 15) is 22.8 Å². The maximum absolute atomic E-state index is 12.1. The lowest BCUT2D eigenvalue weighted by Gasteiger charge is -2.18. The minimum absolute atomic E-state index is 0.491. The zero-order chi connectivity index (χ0) is 13.6. The van der Waals surface area contributed by atoms with Crippen molar-refractivity contribution in [2.75, 3.05) is 0 Å². The Bertz CT molecular complexity index is 278. The lowest BCUT2D eigenvalue weighted by atomic mass is 10.0. The number of rotatable bonds is 6. The van der Waals surface area contributed by atoms with Crippen LogP contribution in [0.25, 0.3) is 0 Å². The Morgan fingerprint density at radius 1 is 1.35 bits per heavy atom. The third-order valence-electron chi connectivity index (χ3n) is 2.22. The number of nitrogens with one attached hydrogen (secondary N) is 1. The Kier molecular flexibility index (Phi) is 5.98. The molecule has 4 nitrogen and oxygen atoms in total. The second kappa shape index (κ2) is 6.46. The normalized spacial score (nSPS) is 15.1. The maximum atomic E-state index is 12.1. The summed E-state index contributed by atoms with van der Waals surface area (Å²) in [7, 11) is 0. The van der Waals surface area contributed by atoms with Crippen molar-refractivity contribution in [1.82, 2.24) is 5.32 Å². The molecule has 100 valence electrons. The topological polar surface area (TPSA) is 66.4 Å². The highest BCUT2D eigenvalue weighted by molar-refractivity contribution is 5.84. The molecule has 0 radical (unpaired) electrons. The quantitative estimate of drug-likeness (QED) is 0.762. The maximum Gasteiger partial charge on any atom is 0.391 e. The molecule has 0 aromatic heterocycles. The van der Waals surface area contributed by atoms with Gasteiger partial charge in [-0.05, 0) is 6.42 Å². The zero-order valence-corrected chi connectivity index (χ0v) is 9.67. The molecule has 2 N–H and O–H groups in total. The van der Waals surface area contributed by atoms with Gasteiger partial charge in [-0.15, -0.1) is 0 Å². The molecule has 0 bridgehead atoms. The first-order valence-electron chi connectivity index (χ1n) is 5.27. The molecule has 0 heterocycles. The minimum atomic E-state index is -4.62. The molecule has 0 saturated carbocycles. The van der Waals surface area contributed by atoms with E-state index in [1.807, 2.05) is 12.2 Å². The van der Waals surface area contributed by atoms with Crippen molar-refractivity contribution < 1.29 is 27.9 Å². The van der Waals surface area contributed by atoms with Gasteiger partial charge in [0.2, 0.25) is 5.91 Å². The summed E-state index contributed by atoms with van der Waals surface area (Å²) in [5, 5.41) is 10.5. The van der Waals surface area contributed by atoms with E-state index in [1.165, 1.54) is 0 Å². The predicted octanol–water partition coefficient (Wildman–Crippen LogP) is 1.94. The fourth-order valence-corrected chi connectivity index (χ4v) is 1.31. The van der Waals surface area contributed by atoms with E-state index in [-0.39, 0.29) is 0 Å². The molecular weight excluding hydrogens is 239 g/mol. The van der Waals surface area contributed by atoms with Gasteiger partial charge in [-0.25, -0.2) is 4.79 Å². The van der Waals surface area contributed by atoms with Crippen LogP contribution in [0.3, 0.4) is 0 Å². The molecule has 2 unspecified atom stereocenters. The molecule has 0 aromatic carbocycles. The number of carbonyl (C=O) groups excluding carboxylic acids is 1. The molecule has 7 heteroatoms. The third kappa shape index (κ3) is 6.80. The lowest BCUT2D eigenvalue weighted by molar-refractivity contribution is -0.160. The summed E-state index contributed by atoms with van der Waals surface area (Å²) in [5.41, 5.74) is 0. The summed E-state index contributed by atoms with van der Waals surface area (Å²) in [6.45, 7) is 3.37. The van der Waals surface area contributed by atoms with E-state index in [4.69, 9.17) is 5.11 Å². The summed E-state index contributed by atoms with van der Waals surface area (Å²) in [6.07, 6.45) is -4.98. The highest BCUT2D eigenvalue weighted by Gasteiger charge is 2.36. The molecule has 2 atom stereocenters. The first-order chi connectivity index (χ1) is 7.67. The number of amides is 1. The average molecular weight is 255 g/mol. The van der Waals surface area contributed by atoms with E-state index in [0.717, 1.165) is 0 Å². The van der Waals surface area contributed by atoms with Crippen LogP contribution in [0.2, 0.25) is 0 Å². The van der Waals surface area contributed by atoms with Gasteiger partial charge in [0, 0.05) is 5.92 Å². The van der Waals surface area contributed by atoms with Crippen LogP contribution in [0.1, 0.15) is 33.1 Å². The molecule has 0 aliphatic rings. The van der Waals surface area contributed by atoms with Crippen LogP contribution in [0, 0.1) is 5.92 Å². The van der Waals surface area contributed by atoms with Crippen molar-refractivity contribution in [3.05, 3.63) is 0 Å². The van der Waals surface area contributed by atoms with Gasteiger partial charge < -0.3 is 10.4 Å². The van der Waals surface area contributed by atoms with Gasteiger partial charge in [0.1, 0.15) is 6.04 Å². The SMILES string of the molecule is CCCC(C)C(=O)NC(CC(F)(F)F)C(=O)O. The van der Waals surface area contributed by atoms with Gasteiger partial charge in [-0.1, -0.05) is 20.3 Å². The molecular formula is C10H16F3NO3. The number of carboxylic acid groups (broad SMARTS) is 1. The first-order valence-corrected chi connectivity index (χ1v) is 5.27. The van der Waals surface area contributed by atoms with Crippen LogP contribution >= 0.6 is 0 Å². The minimum Gasteiger partial charge on any atom is -0.480 e. The largest absolute Gasteiger partial charge is 0.480 e. The molecule has 17 heavy (non-hydrogen) atoms. The van der Waals surface area contributed by atoms with Gasteiger partial charge in [-0.3, -0.25) is 4.79 Å². The Morgan fingerprint density at radius 3 is 2.24 bits per heavy atom. The first kappa shape index (κ1) is 15.7. The third-order valence-corrected chi connectivity index (χ3v) is 2.22. The molecule has 1 amide bonds. The number of carbonyl (C=O) groups is 2. The van der Waals surface area contributed by atoms with Crippen molar-refractivity contribution in [1.29, 1.82) is 0 Å². The van der Waals surface area contributed by atoms with Gasteiger partial charge in [-0.2, -0.15) is 13.2 Å². The van der Waals surface area contributed by atoms with Crippen molar-refractivity contribution in [3.63, 3.8) is 0 Å². The summed E-state index contributed by atoms with van der Waals surface area (Å²) < 4.78 is 36.2. The second-order valence-electron chi connectivity index (χ2n) is 3.91. The van der Waals surface area contributed by atoms with Crippen LogP contribution < -0.4 is 5.32 Å². The molecule has 0 rings (SSSR count). The van der Waals surface area contributed by atoms with Crippen LogP contribution in [0.5, 0.6) is 0 Å². The molecule has 0 spiro atoms. The lowest BCUT2D eigenvalue weighted by Crippen LogP contribution is -2.45. The second-order valence-corrected chi connectivity index (χ2v) is 3.91. The summed E-state index contributed by atoms with van der Waals surface area (Å²) in [6, 6.07) is -1.91. The Morgan fingerprint density at radius 2 is 1.88 bits per heavy atom. The molecule has 0 aromatic rings. The van der Waals surface area contributed by atoms with E-state index >= 15 is 0 Å². The van der Waals surface area contributed by atoms with Crippen LogP contribution in [0.15, 0.2) is 0 Å². The van der Waals surface area contributed by atoms with E-state index in [0.29, 0.717) is 12.8 Å². The molecule has 0 aliphatic carbocycles. The number of hydrogen-bond acceptors (Lipinski definition) is 2. The van der Waals surface area contributed by atoms with E-state index in [2.05, 4.69) is 0 Å². The van der Waals surface area contributed by atoms with Crippen molar-refractivity contribution in [2.45, 2.75) is 45.3 Å². The Labute approximate surface area is 97.2 Å². The summed E-state index contributed by atoms with van der Waals surface area (Å²) in [5.74, 6) is -2.84. The van der Waals surface area contributed by atoms with E-state index in [1.54, 1.807) is 6.92 Å². The number of halogens is 3. The smallest absolute Gasteiger partial charge is 0.391 e. The molecule has 0 fully saturated rings. The van der Waals surface area contributed by atoms with Crippen molar-refractivity contribution in [2.24, 2.45) is 5.92 Å². The standard InChI is InChI=1S/C10H16F3NO3/c1-3-4-6(2)8(15)14-7(9(16)17)5-10(11,12)13/h6-7H,3-5H2,1-2H3,(H,14,15)(H,16,17). The monoisotopic (exact) mass is 255 g/mol. The van der Waals surface area contributed by atoms with Crippen molar-refractivity contribution >= 4 is 11.9 Å². The Balaban J connectivity index is 4.45. The fraction of sp³-hybridized carbons (Fsp3) is 0.800. The number of hydrogen-bond donors (Lipinski definition) is 2. The predicted molar refractivity (Wildman–Crippen MR) is 54.3 cm³/mol.